The Morgan fingerprint density at radius 2 is 2.11 bits per heavy atom. The normalized spacial score (nSPS) is 10.7. The average molecular weight is 246 g/mol. The van der Waals surface area contributed by atoms with Crippen molar-refractivity contribution in [3.63, 3.8) is 0 Å². The van der Waals surface area contributed by atoms with Crippen LogP contribution in [0, 0.1) is 17.2 Å². The Kier molecular flexibility index (Phi) is 5.67. The SMILES string of the molecule is CCN(Cc1cc(C#N)ccc1OC)CC(C)C. The number of ether oxygens (including phenoxy) is 1. The number of rotatable bonds is 6. The number of nitrogens with zero attached hydrogens (tertiary/aromatic N) is 2. The van der Waals surface area contributed by atoms with Gasteiger partial charge in [0.15, 0.2) is 0 Å². The van der Waals surface area contributed by atoms with Crippen molar-refractivity contribution in [2.24, 2.45) is 5.92 Å². The molecule has 0 saturated carbocycles. The van der Waals surface area contributed by atoms with Crippen molar-refractivity contribution in [2.45, 2.75) is 27.3 Å². The minimum Gasteiger partial charge on any atom is -0.496 e. The first-order chi connectivity index (χ1) is 8.60. The van der Waals surface area contributed by atoms with E-state index < -0.39 is 0 Å². The molecule has 0 aliphatic heterocycles. The molecule has 0 fully saturated rings. The first-order valence-corrected chi connectivity index (χ1v) is 6.40. The lowest BCUT2D eigenvalue weighted by Crippen LogP contribution is -2.27. The molecule has 0 atom stereocenters. The van der Waals surface area contributed by atoms with Crippen molar-refractivity contribution in [3.8, 4) is 11.8 Å². The van der Waals surface area contributed by atoms with E-state index in [9.17, 15) is 0 Å². The van der Waals surface area contributed by atoms with E-state index in [1.54, 1.807) is 13.2 Å². The van der Waals surface area contributed by atoms with E-state index in [0.29, 0.717) is 11.5 Å². The second-order valence-corrected chi connectivity index (χ2v) is 4.86. The summed E-state index contributed by atoms with van der Waals surface area (Å²) in [6, 6.07) is 7.76. The summed E-state index contributed by atoms with van der Waals surface area (Å²) >= 11 is 0. The summed E-state index contributed by atoms with van der Waals surface area (Å²) in [5.74, 6) is 1.49. The van der Waals surface area contributed by atoms with E-state index >= 15 is 0 Å². The monoisotopic (exact) mass is 246 g/mol. The summed E-state index contributed by atoms with van der Waals surface area (Å²) in [4.78, 5) is 2.36. The lowest BCUT2D eigenvalue weighted by Gasteiger charge is -2.23. The maximum atomic E-state index is 8.96. The predicted octanol–water partition coefficient (Wildman–Crippen LogP) is 3.04. The Morgan fingerprint density at radius 3 is 2.61 bits per heavy atom. The molecule has 3 heteroatoms. The quantitative estimate of drug-likeness (QED) is 0.774. The zero-order chi connectivity index (χ0) is 13.5. The van der Waals surface area contributed by atoms with Crippen LogP contribution in [0.25, 0.3) is 0 Å². The molecule has 0 saturated heterocycles. The van der Waals surface area contributed by atoms with E-state index in [2.05, 4.69) is 31.7 Å². The van der Waals surface area contributed by atoms with Gasteiger partial charge in [0.2, 0.25) is 0 Å². The summed E-state index contributed by atoms with van der Waals surface area (Å²) in [6.45, 7) is 9.46. The van der Waals surface area contributed by atoms with Gasteiger partial charge in [0, 0.05) is 18.7 Å². The molecule has 0 aliphatic rings. The zero-order valence-corrected chi connectivity index (χ0v) is 11.7. The standard InChI is InChI=1S/C15H22N2O/c1-5-17(10-12(2)3)11-14-8-13(9-16)6-7-15(14)18-4/h6-8,12H,5,10-11H2,1-4H3. The predicted molar refractivity (Wildman–Crippen MR) is 73.5 cm³/mol. The Morgan fingerprint density at radius 1 is 1.39 bits per heavy atom. The van der Waals surface area contributed by atoms with Gasteiger partial charge in [-0.1, -0.05) is 20.8 Å². The molecule has 0 amide bonds. The van der Waals surface area contributed by atoms with Crippen LogP contribution in [0.1, 0.15) is 31.9 Å². The average Bonchev–Trinajstić information content (AvgIpc) is 2.37. The second kappa shape index (κ2) is 7.03. The molecule has 1 aromatic carbocycles. The topological polar surface area (TPSA) is 36.3 Å². The molecular weight excluding hydrogens is 224 g/mol. The fourth-order valence-corrected chi connectivity index (χ4v) is 2.03. The molecule has 0 bridgehead atoms. The molecule has 18 heavy (non-hydrogen) atoms. The fourth-order valence-electron chi connectivity index (χ4n) is 2.03. The van der Waals surface area contributed by atoms with Gasteiger partial charge in [-0.05, 0) is 30.7 Å². The third-order valence-electron chi connectivity index (χ3n) is 2.87. The molecule has 0 N–H and O–H groups in total. The van der Waals surface area contributed by atoms with Gasteiger partial charge in [-0.2, -0.15) is 5.26 Å². The van der Waals surface area contributed by atoms with Crippen LogP contribution in [0.15, 0.2) is 18.2 Å². The third kappa shape index (κ3) is 4.05. The first kappa shape index (κ1) is 14.5. The maximum absolute atomic E-state index is 8.96. The van der Waals surface area contributed by atoms with Crippen molar-refractivity contribution < 1.29 is 4.74 Å². The van der Waals surface area contributed by atoms with Crippen LogP contribution >= 0.6 is 0 Å². The van der Waals surface area contributed by atoms with Gasteiger partial charge < -0.3 is 4.74 Å². The summed E-state index contributed by atoms with van der Waals surface area (Å²) < 4.78 is 5.36. The highest BCUT2D eigenvalue weighted by Gasteiger charge is 2.10. The van der Waals surface area contributed by atoms with Crippen molar-refractivity contribution in [1.82, 2.24) is 4.90 Å². The minimum absolute atomic E-state index is 0.634. The first-order valence-electron chi connectivity index (χ1n) is 6.40. The van der Waals surface area contributed by atoms with Crippen LogP contribution in [0.4, 0.5) is 0 Å². The van der Waals surface area contributed by atoms with Gasteiger partial charge in [-0.15, -0.1) is 0 Å². The second-order valence-electron chi connectivity index (χ2n) is 4.86. The minimum atomic E-state index is 0.634. The van der Waals surface area contributed by atoms with Crippen LogP contribution in [0.2, 0.25) is 0 Å². The van der Waals surface area contributed by atoms with Gasteiger partial charge >= 0.3 is 0 Å². The lowest BCUT2D eigenvalue weighted by atomic mass is 10.1. The van der Waals surface area contributed by atoms with E-state index in [-0.39, 0.29) is 0 Å². The highest BCUT2D eigenvalue weighted by Crippen LogP contribution is 2.21. The Labute approximate surface area is 110 Å². The Hall–Kier alpha value is -1.53. The fraction of sp³-hybridized carbons (Fsp3) is 0.533. The highest BCUT2D eigenvalue weighted by atomic mass is 16.5. The molecule has 3 nitrogen and oxygen atoms in total. The molecule has 0 aromatic heterocycles. The van der Waals surface area contributed by atoms with Crippen LogP contribution < -0.4 is 4.74 Å². The van der Waals surface area contributed by atoms with Crippen LogP contribution in [-0.4, -0.2) is 25.1 Å². The molecular formula is C15H22N2O. The van der Waals surface area contributed by atoms with Gasteiger partial charge in [0.25, 0.3) is 0 Å². The number of hydrogen-bond donors (Lipinski definition) is 0. The maximum Gasteiger partial charge on any atom is 0.123 e. The number of nitriles is 1. The smallest absolute Gasteiger partial charge is 0.123 e. The zero-order valence-electron chi connectivity index (χ0n) is 11.7. The number of benzene rings is 1. The van der Waals surface area contributed by atoms with Crippen molar-refractivity contribution in [1.29, 1.82) is 5.26 Å². The summed E-state index contributed by atoms with van der Waals surface area (Å²) in [6.07, 6.45) is 0. The Balaban J connectivity index is 2.89. The lowest BCUT2D eigenvalue weighted by molar-refractivity contribution is 0.244. The molecule has 98 valence electrons. The summed E-state index contributed by atoms with van der Waals surface area (Å²) in [5, 5.41) is 8.96. The van der Waals surface area contributed by atoms with Gasteiger partial charge in [0.1, 0.15) is 5.75 Å². The molecule has 0 aliphatic carbocycles. The Bertz CT molecular complexity index is 421. The third-order valence-corrected chi connectivity index (χ3v) is 2.87. The summed E-state index contributed by atoms with van der Waals surface area (Å²) in [5.41, 5.74) is 1.77. The molecule has 1 aromatic rings. The van der Waals surface area contributed by atoms with Crippen molar-refractivity contribution in [3.05, 3.63) is 29.3 Å². The molecule has 0 heterocycles. The van der Waals surface area contributed by atoms with Gasteiger partial charge in [-0.25, -0.2) is 0 Å². The molecule has 0 radical (unpaired) electrons. The van der Waals surface area contributed by atoms with Crippen molar-refractivity contribution in [2.75, 3.05) is 20.2 Å². The molecule has 0 unspecified atom stereocenters. The van der Waals surface area contributed by atoms with Crippen LogP contribution in [0.5, 0.6) is 5.75 Å². The summed E-state index contributed by atoms with van der Waals surface area (Å²) in [7, 11) is 1.67. The van der Waals surface area contributed by atoms with Gasteiger partial charge in [-0.3, -0.25) is 4.90 Å². The van der Waals surface area contributed by atoms with Crippen LogP contribution in [-0.2, 0) is 6.54 Å². The van der Waals surface area contributed by atoms with E-state index in [0.717, 1.165) is 30.9 Å². The molecule has 1 rings (SSSR count). The van der Waals surface area contributed by atoms with E-state index in [1.807, 2.05) is 12.1 Å². The highest BCUT2D eigenvalue weighted by molar-refractivity contribution is 5.42. The van der Waals surface area contributed by atoms with Crippen molar-refractivity contribution >= 4 is 0 Å². The molecule has 0 spiro atoms. The number of hydrogen-bond acceptors (Lipinski definition) is 3. The van der Waals surface area contributed by atoms with Crippen LogP contribution in [0.3, 0.4) is 0 Å². The largest absolute Gasteiger partial charge is 0.496 e. The number of methoxy groups -OCH3 is 1. The van der Waals surface area contributed by atoms with E-state index in [4.69, 9.17) is 10.00 Å². The van der Waals surface area contributed by atoms with Gasteiger partial charge in [0.05, 0.1) is 18.7 Å². The van der Waals surface area contributed by atoms with E-state index in [1.165, 1.54) is 0 Å².